The van der Waals surface area contributed by atoms with Crippen LogP contribution in [0.15, 0.2) is 23.9 Å². The number of nitrogens with zero attached hydrogens (tertiary/aromatic N) is 2. The molecular formula is C11H20N2. The molecule has 2 nitrogen and oxygen atoms in total. The Kier molecular flexibility index (Phi) is 3.15. The van der Waals surface area contributed by atoms with Crippen LogP contribution < -0.4 is 0 Å². The molecule has 1 aliphatic rings. The van der Waals surface area contributed by atoms with E-state index >= 15 is 0 Å². The van der Waals surface area contributed by atoms with Crippen LogP contribution in [0.1, 0.15) is 13.8 Å². The van der Waals surface area contributed by atoms with Crippen LogP contribution in [0.25, 0.3) is 0 Å². The number of rotatable bonds is 2. The highest BCUT2D eigenvalue weighted by Gasteiger charge is 2.16. The minimum absolute atomic E-state index is 0.405. The highest BCUT2D eigenvalue weighted by molar-refractivity contribution is 5.25. The van der Waals surface area contributed by atoms with Gasteiger partial charge < -0.3 is 4.90 Å². The Balaban J connectivity index is 2.73. The summed E-state index contributed by atoms with van der Waals surface area (Å²) >= 11 is 0. The lowest BCUT2D eigenvalue weighted by Crippen LogP contribution is -2.39. The van der Waals surface area contributed by atoms with Gasteiger partial charge in [0.2, 0.25) is 0 Å². The van der Waals surface area contributed by atoms with E-state index in [-0.39, 0.29) is 0 Å². The summed E-state index contributed by atoms with van der Waals surface area (Å²) in [6.07, 6.45) is 7.11. The van der Waals surface area contributed by atoms with Crippen molar-refractivity contribution in [1.82, 2.24) is 9.80 Å². The maximum Gasteiger partial charge on any atom is 0.100 e. The Bertz CT molecular complexity index is 226. The van der Waals surface area contributed by atoms with E-state index in [0.717, 1.165) is 0 Å². The molecule has 0 aromatic heterocycles. The molecule has 0 spiro atoms. The van der Waals surface area contributed by atoms with Crippen molar-refractivity contribution in [2.24, 2.45) is 5.92 Å². The molecule has 1 unspecified atom stereocenters. The standard InChI is InChI=1S/C11H20N2/c1-9(2)10-6-7-11(12(3)4)13(5)8-10/h6-9,11H,1-5H3. The van der Waals surface area contributed by atoms with Crippen LogP contribution in [0.5, 0.6) is 0 Å². The second-order valence-corrected chi connectivity index (χ2v) is 4.19. The van der Waals surface area contributed by atoms with Gasteiger partial charge in [0.1, 0.15) is 6.17 Å². The van der Waals surface area contributed by atoms with Crippen molar-refractivity contribution in [3.63, 3.8) is 0 Å². The zero-order valence-electron chi connectivity index (χ0n) is 9.28. The van der Waals surface area contributed by atoms with Crippen molar-refractivity contribution < 1.29 is 0 Å². The Morgan fingerprint density at radius 1 is 1.38 bits per heavy atom. The molecule has 0 aliphatic carbocycles. The molecule has 74 valence electrons. The summed E-state index contributed by atoms with van der Waals surface area (Å²) in [7, 11) is 6.32. The zero-order valence-corrected chi connectivity index (χ0v) is 9.28. The third-order valence-corrected chi connectivity index (χ3v) is 2.43. The van der Waals surface area contributed by atoms with E-state index in [1.54, 1.807) is 0 Å². The molecule has 1 aliphatic heterocycles. The molecule has 0 aromatic rings. The van der Waals surface area contributed by atoms with Crippen LogP contribution in [-0.2, 0) is 0 Å². The van der Waals surface area contributed by atoms with Crippen molar-refractivity contribution >= 4 is 0 Å². The Morgan fingerprint density at radius 3 is 2.38 bits per heavy atom. The molecule has 1 rings (SSSR count). The highest BCUT2D eigenvalue weighted by Crippen LogP contribution is 2.19. The molecule has 0 radical (unpaired) electrons. The first-order chi connectivity index (χ1) is 6.02. The summed E-state index contributed by atoms with van der Waals surface area (Å²) < 4.78 is 0. The van der Waals surface area contributed by atoms with Crippen molar-refractivity contribution in [3.8, 4) is 0 Å². The fourth-order valence-electron chi connectivity index (χ4n) is 1.57. The zero-order chi connectivity index (χ0) is 10.0. The van der Waals surface area contributed by atoms with Gasteiger partial charge in [-0.05, 0) is 31.7 Å². The van der Waals surface area contributed by atoms with Crippen LogP contribution in [0.4, 0.5) is 0 Å². The van der Waals surface area contributed by atoms with E-state index in [4.69, 9.17) is 0 Å². The first-order valence-electron chi connectivity index (χ1n) is 4.80. The van der Waals surface area contributed by atoms with Crippen LogP contribution >= 0.6 is 0 Å². The van der Waals surface area contributed by atoms with Crippen LogP contribution in [0.3, 0.4) is 0 Å². The maximum absolute atomic E-state index is 2.25. The van der Waals surface area contributed by atoms with E-state index in [2.05, 4.69) is 63.1 Å². The minimum atomic E-state index is 0.405. The molecule has 0 fully saturated rings. The molecule has 13 heavy (non-hydrogen) atoms. The molecule has 1 heterocycles. The lowest BCUT2D eigenvalue weighted by molar-refractivity contribution is 0.189. The van der Waals surface area contributed by atoms with Crippen LogP contribution in [0.2, 0.25) is 0 Å². The van der Waals surface area contributed by atoms with E-state index in [9.17, 15) is 0 Å². The summed E-state index contributed by atoms with van der Waals surface area (Å²) in [5, 5.41) is 0. The largest absolute Gasteiger partial charge is 0.361 e. The second kappa shape index (κ2) is 3.97. The molecule has 1 atom stereocenters. The van der Waals surface area contributed by atoms with Crippen molar-refractivity contribution in [3.05, 3.63) is 23.9 Å². The number of hydrogen-bond donors (Lipinski definition) is 0. The highest BCUT2D eigenvalue weighted by atomic mass is 15.3. The summed E-state index contributed by atoms with van der Waals surface area (Å²) in [5.74, 6) is 0.613. The second-order valence-electron chi connectivity index (χ2n) is 4.19. The molecule has 0 aromatic carbocycles. The quantitative estimate of drug-likeness (QED) is 0.640. The molecule has 0 amide bonds. The van der Waals surface area contributed by atoms with Gasteiger partial charge >= 0.3 is 0 Å². The molecule has 0 N–H and O–H groups in total. The molecule has 0 saturated carbocycles. The van der Waals surface area contributed by atoms with Crippen molar-refractivity contribution in [2.45, 2.75) is 20.0 Å². The van der Waals surface area contributed by atoms with Gasteiger partial charge in [-0.15, -0.1) is 0 Å². The van der Waals surface area contributed by atoms with Crippen molar-refractivity contribution in [2.75, 3.05) is 21.1 Å². The lowest BCUT2D eigenvalue weighted by Gasteiger charge is -2.33. The van der Waals surface area contributed by atoms with E-state index in [1.165, 1.54) is 5.57 Å². The average molecular weight is 180 g/mol. The van der Waals surface area contributed by atoms with Gasteiger partial charge in [0.15, 0.2) is 0 Å². The fraction of sp³-hybridized carbons (Fsp3) is 0.636. The third kappa shape index (κ3) is 2.34. The van der Waals surface area contributed by atoms with E-state index in [0.29, 0.717) is 12.1 Å². The first-order valence-corrected chi connectivity index (χ1v) is 4.80. The minimum Gasteiger partial charge on any atom is -0.361 e. The third-order valence-electron chi connectivity index (χ3n) is 2.43. The van der Waals surface area contributed by atoms with Gasteiger partial charge in [0.25, 0.3) is 0 Å². The number of likely N-dealkylation sites (N-methyl/N-ethyl adjacent to an activating group) is 2. The monoisotopic (exact) mass is 180 g/mol. The molecular weight excluding hydrogens is 160 g/mol. The Morgan fingerprint density at radius 2 is 2.00 bits per heavy atom. The SMILES string of the molecule is CC(C)C1=CN(C)C(N(C)C)C=C1. The van der Waals surface area contributed by atoms with Crippen LogP contribution in [-0.4, -0.2) is 37.1 Å². The van der Waals surface area contributed by atoms with Gasteiger partial charge in [-0.1, -0.05) is 19.9 Å². The van der Waals surface area contributed by atoms with Gasteiger partial charge in [-0.2, -0.15) is 0 Å². The van der Waals surface area contributed by atoms with E-state index in [1.807, 2.05) is 0 Å². The van der Waals surface area contributed by atoms with Gasteiger partial charge in [0.05, 0.1) is 0 Å². The average Bonchev–Trinajstić information content (AvgIpc) is 2.03. The van der Waals surface area contributed by atoms with Crippen molar-refractivity contribution in [1.29, 1.82) is 0 Å². The Labute approximate surface area is 81.5 Å². The number of allylic oxidation sites excluding steroid dienone is 2. The first kappa shape index (κ1) is 10.3. The normalized spacial score (nSPS) is 22.8. The fourth-order valence-corrected chi connectivity index (χ4v) is 1.57. The summed E-state index contributed by atoms with van der Waals surface area (Å²) in [5.41, 5.74) is 1.40. The predicted molar refractivity (Wildman–Crippen MR) is 57.3 cm³/mol. The summed E-state index contributed by atoms with van der Waals surface area (Å²) in [4.78, 5) is 4.44. The molecule has 0 saturated heterocycles. The summed E-state index contributed by atoms with van der Waals surface area (Å²) in [6, 6.07) is 0. The summed E-state index contributed by atoms with van der Waals surface area (Å²) in [6.45, 7) is 4.44. The molecule has 0 bridgehead atoms. The lowest BCUT2D eigenvalue weighted by atomic mass is 10.0. The maximum atomic E-state index is 2.25. The van der Waals surface area contributed by atoms with Gasteiger partial charge in [0, 0.05) is 13.2 Å². The Hall–Kier alpha value is -0.760. The topological polar surface area (TPSA) is 6.48 Å². The number of hydrogen-bond acceptors (Lipinski definition) is 2. The molecule has 2 heteroatoms. The van der Waals surface area contributed by atoms with Gasteiger partial charge in [-0.25, -0.2) is 0 Å². The van der Waals surface area contributed by atoms with Crippen LogP contribution in [0, 0.1) is 5.92 Å². The smallest absolute Gasteiger partial charge is 0.100 e. The van der Waals surface area contributed by atoms with Gasteiger partial charge in [-0.3, -0.25) is 4.90 Å². The predicted octanol–water partition coefficient (Wildman–Crippen LogP) is 1.92. The van der Waals surface area contributed by atoms with E-state index < -0.39 is 0 Å².